The van der Waals surface area contributed by atoms with Gasteiger partial charge in [0.1, 0.15) is 6.61 Å². The Kier molecular flexibility index (Phi) is 5.78. The van der Waals surface area contributed by atoms with Gasteiger partial charge in [-0.1, -0.05) is 23.4 Å². The molecule has 20 heavy (non-hydrogen) atoms. The van der Waals surface area contributed by atoms with Crippen molar-refractivity contribution in [1.82, 2.24) is 5.32 Å². The van der Waals surface area contributed by atoms with E-state index in [0.717, 1.165) is 24.3 Å². The summed E-state index contributed by atoms with van der Waals surface area (Å²) in [5.41, 5.74) is 1.16. The highest BCUT2D eigenvalue weighted by Crippen LogP contribution is 2.19. The Hall–Kier alpha value is -1.15. The molecule has 5 heteroatoms. The summed E-state index contributed by atoms with van der Waals surface area (Å²) in [6.07, 6.45) is 2.04. The minimum atomic E-state index is -0.210. The minimum absolute atomic E-state index is 0.0922. The van der Waals surface area contributed by atoms with Crippen molar-refractivity contribution in [3.63, 3.8) is 0 Å². The van der Waals surface area contributed by atoms with Crippen LogP contribution in [0.15, 0.2) is 18.2 Å². The Labute approximate surface area is 128 Å². The molecule has 0 radical (unpaired) electrons. The summed E-state index contributed by atoms with van der Waals surface area (Å²) in [6, 6.07) is 5.29. The Balaban J connectivity index is 2.04. The number of aliphatic hydroxyl groups is 1. The highest BCUT2D eigenvalue weighted by molar-refractivity contribution is 7.99. The van der Waals surface area contributed by atoms with Gasteiger partial charge >= 0.3 is 0 Å². The van der Waals surface area contributed by atoms with Crippen molar-refractivity contribution < 1.29 is 9.90 Å². The van der Waals surface area contributed by atoms with Crippen LogP contribution in [0.5, 0.6) is 0 Å². The number of halogens is 1. The lowest BCUT2D eigenvalue weighted by Gasteiger charge is -2.22. The number of aliphatic hydroxyl groups excluding tert-OH is 1. The van der Waals surface area contributed by atoms with Crippen LogP contribution >= 0.6 is 23.4 Å². The monoisotopic (exact) mass is 309 g/mol. The van der Waals surface area contributed by atoms with E-state index in [1.165, 1.54) is 0 Å². The molecule has 0 atom stereocenters. The van der Waals surface area contributed by atoms with Crippen LogP contribution in [0.2, 0.25) is 5.02 Å². The molecule has 0 spiro atoms. The van der Waals surface area contributed by atoms with Crippen LogP contribution in [-0.2, 0) is 0 Å². The fourth-order valence-electron chi connectivity index (χ4n) is 2.00. The minimum Gasteiger partial charge on any atom is -0.384 e. The van der Waals surface area contributed by atoms with Gasteiger partial charge < -0.3 is 10.4 Å². The summed E-state index contributed by atoms with van der Waals surface area (Å²) in [5, 5.41) is 12.1. The van der Waals surface area contributed by atoms with Crippen molar-refractivity contribution in [2.45, 2.75) is 18.9 Å². The van der Waals surface area contributed by atoms with Crippen molar-refractivity contribution in [1.29, 1.82) is 0 Å². The highest BCUT2D eigenvalue weighted by atomic mass is 35.5. The van der Waals surface area contributed by atoms with Crippen LogP contribution < -0.4 is 5.32 Å². The Bertz CT molecular complexity index is 545. The molecule has 0 bridgehead atoms. The summed E-state index contributed by atoms with van der Waals surface area (Å²) in [6.45, 7) is -0.210. The molecule has 1 aliphatic rings. The fraction of sp³-hybridized carbons (Fsp3) is 0.400. The average molecular weight is 310 g/mol. The maximum absolute atomic E-state index is 12.1. The second-order valence-electron chi connectivity index (χ2n) is 4.51. The molecule has 2 rings (SSSR count). The van der Waals surface area contributed by atoms with Crippen LogP contribution in [0.1, 0.15) is 28.8 Å². The molecule has 106 valence electrons. The first-order chi connectivity index (χ1) is 9.70. The van der Waals surface area contributed by atoms with Gasteiger partial charge in [0, 0.05) is 17.2 Å². The van der Waals surface area contributed by atoms with E-state index in [1.54, 1.807) is 18.2 Å². The molecule has 3 nitrogen and oxygen atoms in total. The van der Waals surface area contributed by atoms with E-state index in [0.29, 0.717) is 16.1 Å². The molecular weight excluding hydrogens is 294 g/mol. The SMILES string of the molecule is O=C(NC1CCSCC1)c1ccc(C#CCO)c(Cl)c1. The van der Waals surface area contributed by atoms with Crippen LogP contribution in [0.25, 0.3) is 0 Å². The van der Waals surface area contributed by atoms with E-state index in [2.05, 4.69) is 17.2 Å². The Morgan fingerprint density at radius 3 is 2.85 bits per heavy atom. The molecule has 1 amide bonds. The lowest BCUT2D eigenvalue weighted by Crippen LogP contribution is -2.37. The maximum Gasteiger partial charge on any atom is 0.251 e. The average Bonchev–Trinajstić information content (AvgIpc) is 2.47. The zero-order valence-electron chi connectivity index (χ0n) is 11.0. The number of thioether (sulfide) groups is 1. The van der Waals surface area contributed by atoms with E-state index in [1.807, 2.05) is 11.8 Å². The van der Waals surface area contributed by atoms with E-state index in [4.69, 9.17) is 16.7 Å². The molecule has 0 saturated carbocycles. The molecule has 0 unspecified atom stereocenters. The van der Waals surface area contributed by atoms with Gasteiger partial charge in [-0.2, -0.15) is 11.8 Å². The van der Waals surface area contributed by atoms with Crippen molar-refractivity contribution in [2.24, 2.45) is 0 Å². The highest BCUT2D eigenvalue weighted by Gasteiger charge is 2.17. The number of carbonyl (C=O) groups excluding carboxylic acids is 1. The molecule has 1 aromatic rings. The van der Waals surface area contributed by atoms with Crippen LogP contribution in [0.4, 0.5) is 0 Å². The van der Waals surface area contributed by atoms with Gasteiger partial charge in [-0.25, -0.2) is 0 Å². The molecular formula is C15H16ClNO2S. The maximum atomic E-state index is 12.1. The van der Waals surface area contributed by atoms with Gasteiger partial charge in [0.2, 0.25) is 0 Å². The lowest BCUT2D eigenvalue weighted by molar-refractivity contribution is 0.0935. The number of nitrogens with one attached hydrogen (secondary N) is 1. The standard InChI is InChI=1S/C15H16ClNO2S/c16-14-10-12(4-3-11(14)2-1-7-18)15(19)17-13-5-8-20-9-6-13/h3-4,10,13,18H,5-9H2,(H,17,19). The topological polar surface area (TPSA) is 49.3 Å². The van der Waals surface area contributed by atoms with Crippen molar-refractivity contribution in [3.8, 4) is 11.8 Å². The number of benzene rings is 1. The first-order valence-corrected chi connectivity index (χ1v) is 8.02. The fourth-order valence-corrected chi connectivity index (χ4v) is 3.34. The predicted octanol–water partition coefficient (Wildman–Crippen LogP) is 2.31. The summed E-state index contributed by atoms with van der Waals surface area (Å²) in [7, 11) is 0. The van der Waals surface area contributed by atoms with E-state index in [9.17, 15) is 4.79 Å². The quantitative estimate of drug-likeness (QED) is 0.824. The van der Waals surface area contributed by atoms with Crippen LogP contribution in [0.3, 0.4) is 0 Å². The molecule has 2 N–H and O–H groups in total. The number of hydrogen-bond donors (Lipinski definition) is 2. The zero-order valence-corrected chi connectivity index (χ0v) is 12.6. The third kappa shape index (κ3) is 4.17. The normalized spacial score (nSPS) is 15.3. The second-order valence-corrected chi connectivity index (χ2v) is 6.15. The van der Waals surface area contributed by atoms with Crippen molar-refractivity contribution in [3.05, 3.63) is 34.3 Å². The molecule has 0 aromatic heterocycles. The third-order valence-corrected chi connectivity index (χ3v) is 4.45. The van der Waals surface area contributed by atoms with Gasteiger partial charge in [-0.15, -0.1) is 0 Å². The van der Waals surface area contributed by atoms with Gasteiger partial charge in [-0.3, -0.25) is 4.79 Å². The van der Waals surface area contributed by atoms with E-state index < -0.39 is 0 Å². The molecule has 1 saturated heterocycles. The molecule has 1 heterocycles. The Morgan fingerprint density at radius 1 is 1.45 bits per heavy atom. The molecule has 1 aromatic carbocycles. The van der Waals surface area contributed by atoms with E-state index in [-0.39, 0.29) is 18.6 Å². The largest absolute Gasteiger partial charge is 0.384 e. The Morgan fingerprint density at radius 2 is 2.20 bits per heavy atom. The number of rotatable bonds is 2. The summed E-state index contributed by atoms with van der Waals surface area (Å²) >= 11 is 8.01. The van der Waals surface area contributed by atoms with Crippen LogP contribution in [-0.4, -0.2) is 35.2 Å². The summed E-state index contributed by atoms with van der Waals surface area (Å²) in [4.78, 5) is 12.1. The summed E-state index contributed by atoms with van der Waals surface area (Å²) in [5.74, 6) is 7.39. The molecule has 1 aliphatic heterocycles. The first-order valence-electron chi connectivity index (χ1n) is 6.48. The second kappa shape index (κ2) is 7.58. The van der Waals surface area contributed by atoms with Gasteiger partial charge in [0.15, 0.2) is 0 Å². The lowest BCUT2D eigenvalue weighted by atomic mass is 10.1. The smallest absolute Gasteiger partial charge is 0.251 e. The first kappa shape index (κ1) is 15.2. The number of amides is 1. The zero-order chi connectivity index (χ0) is 14.4. The predicted molar refractivity (Wildman–Crippen MR) is 83.2 cm³/mol. The van der Waals surface area contributed by atoms with Gasteiger partial charge in [-0.05, 0) is 42.5 Å². The number of carbonyl (C=O) groups is 1. The van der Waals surface area contributed by atoms with Crippen molar-refractivity contribution >= 4 is 29.3 Å². The van der Waals surface area contributed by atoms with E-state index >= 15 is 0 Å². The summed E-state index contributed by atoms with van der Waals surface area (Å²) < 4.78 is 0. The molecule has 1 fully saturated rings. The van der Waals surface area contributed by atoms with Gasteiger partial charge in [0.05, 0.1) is 5.02 Å². The third-order valence-electron chi connectivity index (χ3n) is 3.09. The van der Waals surface area contributed by atoms with Crippen molar-refractivity contribution in [2.75, 3.05) is 18.1 Å². The van der Waals surface area contributed by atoms with Gasteiger partial charge in [0.25, 0.3) is 5.91 Å². The van der Waals surface area contributed by atoms with Crippen LogP contribution in [0, 0.1) is 11.8 Å². The number of hydrogen-bond acceptors (Lipinski definition) is 3. The molecule has 0 aliphatic carbocycles.